The van der Waals surface area contributed by atoms with Gasteiger partial charge < -0.3 is 0 Å². The number of aliphatic imine (C=N–C) groups is 2. The summed E-state index contributed by atoms with van der Waals surface area (Å²) in [6.45, 7) is 0. The predicted octanol–water partition coefficient (Wildman–Crippen LogP) is 2.95. The highest BCUT2D eigenvalue weighted by molar-refractivity contribution is 6.77. The van der Waals surface area contributed by atoms with Gasteiger partial charge in [0.15, 0.2) is 0 Å². The lowest BCUT2D eigenvalue weighted by Crippen LogP contribution is -2.17. The van der Waals surface area contributed by atoms with Gasteiger partial charge in [-0.3, -0.25) is 9.59 Å². The van der Waals surface area contributed by atoms with Crippen LogP contribution < -0.4 is 0 Å². The van der Waals surface area contributed by atoms with E-state index in [1.165, 1.54) is 0 Å². The van der Waals surface area contributed by atoms with Crippen LogP contribution in [0.3, 0.4) is 0 Å². The number of alkyl halides is 6. The molecule has 0 aromatic rings. The molecule has 0 rings (SSSR count). The molecule has 15 heavy (non-hydrogen) atoms. The zero-order chi connectivity index (χ0) is 12.3. The van der Waals surface area contributed by atoms with Crippen molar-refractivity contribution in [3.05, 3.63) is 0 Å². The Balaban J connectivity index is 4.63. The highest BCUT2D eigenvalue weighted by Gasteiger charge is 2.31. The zero-order valence-corrected chi connectivity index (χ0v) is 11.0. The molecule has 0 saturated carbocycles. The van der Waals surface area contributed by atoms with Crippen LogP contribution in [0.25, 0.3) is 0 Å². The normalized spacial score (nSPS) is 11.6. The van der Waals surface area contributed by atoms with Crippen molar-refractivity contribution in [1.82, 2.24) is 0 Å². The van der Waals surface area contributed by atoms with E-state index in [0.717, 1.165) is 0 Å². The first kappa shape index (κ1) is 15.5. The quantitative estimate of drug-likeness (QED) is 0.506. The van der Waals surface area contributed by atoms with Crippen molar-refractivity contribution in [3.63, 3.8) is 0 Å². The molecule has 10 heteroatoms. The Bertz CT molecular complexity index is 304. The lowest BCUT2D eigenvalue weighted by molar-refractivity contribution is -0.117. The summed E-state index contributed by atoms with van der Waals surface area (Å²) >= 11 is 30.8. The van der Waals surface area contributed by atoms with Gasteiger partial charge in [-0.25, -0.2) is 0 Å². The third-order valence-electron chi connectivity index (χ3n) is 0.788. The van der Waals surface area contributed by atoms with Crippen molar-refractivity contribution in [2.75, 3.05) is 0 Å². The van der Waals surface area contributed by atoms with E-state index in [4.69, 9.17) is 69.6 Å². The van der Waals surface area contributed by atoms with Gasteiger partial charge in [0.25, 0.3) is 7.59 Å². The van der Waals surface area contributed by atoms with Crippen molar-refractivity contribution >= 4 is 87.4 Å². The SMILES string of the molecule is O=C(N=C=NC(=O)C(Cl)(Cl)Cl)C(Cl)(Cl)Cl. The highest BCUT2D eigenvalue weighted by Crippen LogP contribution is 2.28. The van der Waals surface area contributed by atoms with Gasteiger partial charge >= 0.3 is 11.8 Å². The fourth-order valence-corrected chi connectivity index (χ4v) is 0.496. The number of nitrogens with zero attached hydrogens (tertiary/aromatic N) is 2. The Hall–Kier alpha value is 0.460. The van der Waals surface area contributed by atoms with E-state index in [-0.39, 0.29) is 0 Å². The number of carbonyl (C=O) groups is 2. The summed E-state index contributed by atoms with van der Waals surface area (Å²) in [5.74, 6) is -2.35. The molecule has 0 spiro atoms. The summed E-state index contributed by atoms with van der Waals surface area (Å²) in [7, 11) is 0. The molecular weight excluding hydrogens is 333 g/mol. The number of hydrogen-bond donors (Lipinski definition) is 0. The van der Waals surface area contributed by atoms with Crippen LogP contribution in [0.2, 0.25) is 0 Å². The van der Waals surface area contributed by atoms with Gasteiger partial charge in [0.2, 0.25) is 0 Å². The molecule has 0 aromatic heterocycles. The van der Waals surface area contributed by atoms with Crippen molar-refractivity contribution in [3.8, 4) is 0 Å². The largest absolute Gasteiger partial charge is 0.307 e. The molecule has 4 nitrogen and oxygen atoms in total. The monoisotopic (exact) mass is 330 g/mol. The molecule has 0 N–H and O–H groups in total. The Morgan fingerprint density at radius 2 is 1.07 bits per heavy atom. The van der Waals surface area contributed by atoms with E-state index in [2.05, 4.69) is 9.98 Å². The summed E-state index contributed by atoms with van der Waals surface area (Å²) in [6, 6.07) is 1.64. The van der Waals surface area contributed by atoms with Gasteiger partial charge in [0.05, 0.1) is 0 Å². The summed E-state index contributed by atoms with van der Waals surface area (Å²) < 4.78 is -4.49. The number of carbonyl (C=O) groups excluding carboxylic acids is 2. The molecule has 0 unspecified atom stereocenters. The van der Waals surface area contributed by atoms with Gasteiger partial charge in [-0.2, -0.15) is 0 Å². The Kier molecular flexibility index (Phi) is 5.86. The number of rotatable bonds is 0. The van der Waals surface area contributed by atoms with Gasteiger partial charge in [0, 0.05) is 0 Å². The minimum atomic E-state index is -2.24. The Morgan fingerprint density at radius 3 is 1.27 bits per heavy atom. The van der Waals surface area contributed by atoms with E-state index in [1.54, 1.807) is 6.01 Å². The fourth-order valence-electron chi connectivity index (χ4n) is 0.243. The topological polar surface area (TPSA) is 58.9 Å². The van der Waals surface area contributed by atoms with Gasteiger partial charge in [-0.05, 0) is 0 Å². The Morgan fingerprint density at radius 1 is 0.800 bits per heavy atom. The summed E-state index contributed by atoms with van der Waals surface area (Å²) in [5.41, 5.74) is 0. The average molecular weight is 333 g/mol. The van der Waals surface area contributed by atoms with E-state index in [9.17, 15) is 9.59 Å². The van der Waals surface area contributed by atoms with E-state index in [0.29, 0.717) is 0 Å². The van der Waals surface area contributed by atoms with Crippen LogP contribution in [0.4, 0.5) is 0 Å². The maximum atomic E-state index is 10.8. The number of halogens is 6. The molecule has 0 heterocycles. The summed E-state index contributed by atoms with van der Waals surface area (Å²) in [4.78, 5) is 27.4. The van der Waals surface area contributed by atoms with Crippen molar-refractivity contribution in [2.24, 2.45) is 9.98 Å². The highest BCUT2D eigenvalue weighted by atomic mass is 35.6. The number of amides is 2. The second-order valence-corrected chi connectivity index (χ2v) is 6.49. The molecule has 2 amide bonds. The molecule has 0 atom stereocenters. The molecule has 84 valence electrons. The molecule has 0 aliphatic rings. The summed E-state index contributed by atoms with van der Waals surface area (Å²) in [5, 5.41) is 0. The standard InChI is InChI=1S/C5Cl6N2O2/c6-4(7,8)2(14)12-1-13-3(15)5(9,10)11. The van der Waals surface area contributed by atoms with E-state index in [1.807, 2.05) is 0 Å². The minimum Gasteiger partial charge on any atom is -0.267 e. The third-order valence-corrected chi connectivity index (χ3v) is 1.76. The van der Waals surface area contributed by atoms with Crippen LogP contribution >= 0.6 is 69.6 Å². The van der Waals surface area contributed by atoms with Crippen LogP contribution in [-0.4, -0.2) is 25.4 Å². The lowest BCUT2D eigenvalue weighted by Gasteiger charge is -2.02. The molecule has 0 bridgehead atoms. The van der Waals surface area contributed by atoms with Crippen molar-refractivity contribution in [1.29, 1.82) is 0 Å². The molecule has 0 radical (unpaired) electrons. The fraction of sp³-hybridized carbons (Fsp3) is 0.400. The third kappa shape index (κ3) is 6.59. The van der Waals surface area contributed by atoms with Gasteiger partial charge in [0.1, 0.15) is 6.01 Å². The van der Waals surface area contributed by atoms with Gasteiger partial charge in [-0.15, -0.1) is 9.98 Å². The van der Waals surface area contributed by atoms with Crippen molar-refractivity contribution < 1.29 is 9.59 Å². The Labute approximate surface area is 114 Å². The summed E-state index contributed by atoms with van der Waals surface area (Å²) in [6.07, 6.45) is 0. The first-order chi connectivity index (χ1) is 6.55. The molecule has 0 aliphatic heterocycles. The number of hydrogen-bond acceptors (Lipinski definition) is 2. The van der Waals surface area contributed by atoms with Crippen molar-refractivity contribution in [2.45, 2.75) is 7.59 Å². The van der Waals surface area contributed by atoms with E-state index >= 15 is 0 Å². The first-order valence-electron chi connectivity index (χ1n) is 2.94. The molecular formula is C5Cl6N2O2. The second-order valence-electron chi connectivity index (χ2n) is 1.93. The molecule has 0 aliphatic carbocycles. The van der Waals surface area contributed by atoms with Crippen LogP contribution in [0.15, 0.2) is 9.98 Å². The predicted molar refractivity (Wildman–Crippen MR) is 60.5 cm³/mol. The maximum Gasteiger partial charge on any atom is 0.307 e. The van der Waals surface area contributed by atoms with Crippen LogP contribution in [0.5, 0.6) is 0 Å². The molecule has 0 aromatic carbocycles. The molecule has 0 saturated heterocycles. The van der Waals surface area contributed by atoms with Gasteiger partial charge in [-0.1, -0.05) is 69.6 Å². The van der Waals surface area contributed by atoms with Crippen LogP contribution in [0.1, 0.15) is 0 Å². The zero-order valence-electron chi connectivity index (χ0n) is 6.48. The van der Waals surface area contributed by atoms with E-state index < -0.39 is 19.4 Å². The second kappa shape index (κ2) is 5.69. The minimum absolute atomic E-state index is 1.17. The van der Waals surface area contributed by atoms with Crippen LogP contribution in [-0.2, 0) is 9.59 Å². The maximum absolute atomic E-state index is 10.8. The smallest absolute Gasteiger partial charge is 0.267 e. The van der Waals surface area contributed by atoms with Crippen LogP contribution in [0, 0.1) is 0 Å². The first-order valence-corrected chi connectivity index (χ1v) is 5.20. The average Bonchev–Trinajstić information content (AvgIpc) is 2.00. The lowest BCUT2D eigenvalue weighted by atomic mass is 10.7. The molecule has 0 fully saturated rings.